The van der Waals surface area contributed by atoms with Crippen LogP contribution in [0.5, 0.6) is 0 Å². The SMILES string of the molecule is C.CCN=C(C)/C(C)=C(/C)CC.CCN=C(C)/C(C)=C(/C)CC. The molecule has 0 heterocycles. The lowest BCUT2D eigenvalue weighted by atomic mass is 10.1. The Kier molecular flexibility index (Phi) is 18.2. The van der Waals surface area contributed by atoms with Crippen molar-refractivity contribution in [2.24, 2.45) is 9.98 Å². The zero-order valence-corrected chi connectivity index (χ0v) is 16.7. The summed E-state index contributed by atoms with van der Waals surface area (Å²) in [5.41, 5.74) is 7.97. The molecule has 0 radical (unpaired) electrons. The van der Waals surface area contributed by atoms with Gasteiger partial charge in [-0.25, -0.2) is 0 Å². The van der Waals surface area contributed by atoms with Crippen LogP contribution in [0.2, 0.25) is 0 Å². The van der Waals surface area contributed by atoms with E-state index in [1.54, 1.807) is 0 Å². The molecular weight excluding hydrogens is 280 g/mol. The van der Waals surface area contributed by atoms with E-state index in [0.717, 1.165) is 25.9 Å². The Hall–Kier alpha value is -1.18. The van der Waals surface area contributed by atoms with Crippen LogP contribution in [0.1, 0.15) is 89.5 Å². The third-order valence-electron chi connectivity index (χ3n) is 4.22. The molecule has 23 heavy (non-hydrogen) atoms. The van der Waals surface area contributed by atoms with Crippen LogP contribution in [0.25, 0.3) is 0 Å². The van der Waals surface area contributed by atoms with Gasteiger partial charge in [-0.05, 0) is 79.4 Å². The molecule has 0 rings (SSSR count). The van der Waals surface area contributed by atoms with Gasteiger partial charge in [-0.1, -0.05) is 32.4 Å². The third-order valence-corrected chi connectivity index (χ3v) is 4.22. The van der Waals surface area contributed by atoms with E-state index in [1.165, 1.54) is 33.7 Å². The van der Waals surface area contributed by atoms with Crippen molar-refractivity contribution < 1.29 is 0 Å². The highest BCUT2D eigenvalue weighted by Gasteiger charge is 1.97. The number of hydrogen-bond donors (Lipinski definition) is 0. The number of rotatable bonds is 6. The highest BCUT2D eigenvalue weighted by atomic mass is 14.7. The quantitative estimate of drug-likeness (QED) is 0.467. The monoisotopic (exact) mass is 322 g/mol. The maximum atomic E-state index is 4.35. The summed E-state index contributed by atoms with van der Waals surface area (Å²) in [5, 5.41) is 0. The van der Waals surface area contributed by atoms with E-state index in [-0.39, 0.29) is 7.43 Å². The first-order chi connectivity index (χ1) is 10.3. The minimum atomic E-state index is 0. The summed E-state index contributed by atoms with van der Waals surface area (Å²) in [6, 6.07) is 0. The number of hydrogen-bond acceptors (Lipinski definition) is 2. The molecule has 0 amide bonds. The molecule has 2 nitrogen and oxygen atoms in total. The van der Waals surface area contributed by atoms with Gasteiger partial charge in [0.15, 0.2) is 0 Å². The van der Waals surface area contributed by atoms with Crippen molar-refractivity contribution in [3.63, 3.8) is 0 Å². The van der Waals surface area contributed by atoms with E-state index < -0.39 is 0 Å². The van der Waals surface area contributed by atoms with E-state index in [4.69, 9.17) is 0 Å². The highest BCUT2D eigenvalue weighted by Crippen LogP contribution is 2.09. The van der Waals surface area contributed by atoms with Crippen molar-refractivity contribution in [3.8, 4) is 0 Å². The first kappa shape index (κ1) is 26.7. The molecule has 136 valence electrons. The summed E-state index contributed by atoms with van der Waals surface area (Å²) in [6.07, 6.45) is 2.25. The minimum absolute atomic E-state index is 0. The van der Waals surface area contributed by atoms with Crippen LogP contribution in [0.15, 0.2) is 32.3 Å². The molecule has 0 bridgehead atoms. The summed E-state index contributed by atoms with van der Waals surface area (Å²) in [5.74, 6) is 0. The topological polar surface area (TPSA) is 24.7 Å². The van der Waals surface area contributed by atoms with E-state index in [2.05, 4.69) is 79.2 Å². The number of nitrogens with zero attached hydrogens (tertiary/aromatic N) is 2. The lowest BCUT2D eigenvalue weighted by Gasteiger charge is -2.04. The van der Waals surface area contributed by atoms with Crippen molar-refractivity contribution >= 4 is 11.4 Å². The molecule has 0 spiro atoms. The summed E-state index contributed by atoms with van der Waals surface area (Å²) >= 11 is 0. The Balaban J connectivity index is -0.000000333. The Morgan fingerprint density at radius 2 is 0.826 bits per heavy atom. The van der Waals surface area contributed by atoms with Crippen LogP contribution in [0, 0.1) is 0 Å². The van der Waals surface area contributed by atoms with Gasteiger partial charge in [0.1, 0.15) is 0 Å². The van der Waals surface area contributed by atoms with E-state index >= 15 is 0 Å². The second-order valence-electron chi connectivity index (χ2n) is 5.64. The molecule has 0 N–H and O–H groups in total. The Morgan fingerprint density at radius 3 is 1.00 bits per heavy atom. The molecule has 0 fully saturated rings. The van der Waals surface area contributed by atoms with Crippen molar-refractivity contribution in [1.82, 2.24) is 0 Å². The maximum Gasteiger partial charge on any atom is 0.0364 e. The van der Waals surface area contributed by atoms with E-state index in [0.29, 0.717) is 0 Å². The standard InChI is InChI=1S/2C10H19N.CH4/c2*1-6-8(3)9(4)10(5)11-7-2;/h2*6-7H2,1-5H3;1H4/b2*9-8-,11-10?;. The average Bonchev–Trinajstić information content (AvgIpc) is 2.52. The number of allylic oxidation sites excluding steroid dienone is 4. The summed E-state index contributed by atoms with van der Waals surface area (Å²) in [7, 11) is 0. The predicted octanol–water partition coefficient (Wildman–Crippen LogP) is 7.06. The van der Waals surface area contributed by atoms with Gasteiger partial charge in [0.2, 0.25) is 0 Å². The average molecular weight is 323 g/mol. The Labute approximate surface area is 146 Å². The van der Waals surface area contributed by atoms with E-state index in [1.807, 2.05) is 0 Å². The number of aliphatic imine (C=N–C) groups is 2. The zero-order valence-electron chi connectivity index (χ0n) is 16.7. The van der Waals surface area contributed by atoms with Gasteiger partial charge in [-0.3, -0.25) is 9.98 Å². The second-order valence-corrected chi connectivity index (χ2v) is 5.64. The van der Waals surface area contributed by atoms with Gasteiger partial charge >= 0.3 is 0 Å². The molecule has 2 heteroatoms. The van der Waals surface area contributed by atoms with Gasteiger partial charge in [0.25, 0.3) is 0 Å². The second kappa shape index (κ2) is 15.7. The van der Waals surface area contributed by atoms with Crippen molar-refractivity contribution in [2.75, 3.05) is 13.1 Å². The third kappa shape index (κ3) is 12.0. The van der Waals surface area contributed by atoms with Crippen molar-refractivity contribution in [2.45, 2.75) is 89.5 Å². The van der Waals surface area contributed by atoms with Crippen LogP contribution in [-0.2, 0) is 0 Å². The smallest absolute Gasteiger partial charge is 0.0364 e. The van der Waals surface area contributed by atoms with Crippen LogP contribution < -0.4 is 0 Å². The van der Waals surface area contributed by atoms with Crippen LogP contribution in [0.3, 0.4) is 0 Å². The zero-order chi connectivity index (χ0) is 17.7. The van der Waals surface area contributed by atoms with Gasteiger partial charge in [-0.15, -0.1) is 0 Å². The molecule has 0 aromatic heterocycles. The van der Waals surface area contributed by atoms with Crippen molar-refractivity contribution in [1.29, 1.82) is 0 Å². The maximum absolute atomic E-state index is 4.35. The summed E-state index contributed by atoms with van der Waals surface area (Å²) < 4.78 is 0. The van der Waals surface area contributed by atoms with Crippen LogP contribution in [-0.4, -0.2) is 24.5 Å². The normalized spacial score (nSPS) is 14.2. The fourth-order valence-electron chi connectivity index (χ4n) is 1.86. The molecule has 0 aromatic rings. The molecule has 0 aliphatic rings. The lowest BCUT2D eigenvalue weighted by Crippen LogP contribution is -1.97. The molecule has 0 unspecified atom stereocenters. The van der Waals surface area contributed by atoms with Crippen LogP contribution >= 0.6 is 0 Å². The minimum Gasteiger partial charge on any atom is -0.290 e. The Morgan fingerprint density at radius 1 is 0.565 bits per heavy atom. The molecule has 0 aliphatic heterocycles. The lowest BCUT2D eigenvalue weighted by molar-refractivity contribution is 1.06. The van der Waals surface area contributed by atoms with Gasteiger partial charge < -0.3 is 0 Å². The molecular formula is C21H42N2. The van der Waals surface area contributed by atoms with Gasteiger partial charge in [0.05, 0.1) is 0 Å². The Bertz CT molecular complexity index is 393. The van der Waals surface area contributed by atoms with Crippen molar-refractivity contribution in [3.05, 3.63) is 22.3 Å². The molecule has 0 aliphatic carbocycles. The summed E-state index contributed by atoms with van der Waals surface area (Å²) in [4.78, 5) is 8.70. The first-order valence-corrected chi connectivity index (χ1v) is 8.62. The fraction of sp³-hybridized carbons (Fsp3) is 0.714. The van der Waals surface area contributed by atoms with E-state index in [9.17, 15) is 0 Å². The first-order valence-electron chi connectivity index (χ1n) is 8.62. The highest BCUT2D eigenvalue weighted by molar-refractivity contribution is 5.98. The molecule has 0 saturated heterocycles. The molecule has 0 atom stereocenters. The molecule has 0 aromatic carbocycles. The summed E-state index contributed by atoms with van der Waals surface area (Å²) in [6.45, 7) is 23.1. The predicted molar refractivity (Wildman–Crippen MR) is 111 cm³/mol. The largest absolute Gasteiger partial charge is 0.290 e. The fourth-order valence-corrected chi connectivity index (χ4v) is 1.86. The van der Waals surface area contributed by atoms with Gasteiger partial charge in [0, 0.05) is 24.5 Å². The molecule has 0 saturated carbocycles. The van der Waals surface area contributed by atoms with Crippen LogP contribution in [0.4, 0.5) is 0 Å². The van der Waals surface area contributed by atoms with Gasteiger partial charge in [-0.2, -0.15) is 0 Å².